The van der Waals surface area contributed by atoms with Crippen LogP contribution in [0.4, 0.5) is 8.78 Å². The first-order valence-corrected chi connectivity index (χ1v) is 10.1. The number of imidazole rings is 1. The van der Waals surface area contributed by atoms with Gasteiger partial charge in [-0.3, -0.25) is 4.79 Å². The average molecular weight is 415 g/mol. The number of carbonyl (C=O) groups is 1. The number of halogens is 2. The van der Waals surface area contributed by atoms with Crippen LogP contribution in [0.15, 0.2) is 59.8 Å². The SMILES string of the molecule is O=C(Cn1c(SC(F)F)nc2ccccc21)N1CC=C(c2ccc(O)cc2)CC1. The second kappa shape index (κ2) is 8.24. The largest absolute Gasteiger partial charge is 0.508 e. The van der Waals surface area contributed by atoms with Crippen molar-refractivity contribution in [1.82, 2.24) is 14.5 Å². The fraction of sp³-hybridized carbons (Fsp3) is 0.238. The molecule has 8 heteroatoms. The number of amides is 1. The van der Waals surface area contributed by atoms with E-state index in [1.165, 1.54) is 0 Å². The first-order chi connectivity index (χ1) is 14.0. The third-order valence-electron chi connectivity index (χ3n) is 4.91. The lowest BCUT2D eigenvalue weighted by molar-refractivity contribution is -0.131. The van der Waals surface area contributed by atoms with Gasteiger partial charge in [-0.05, 0) is 53.6 Å². The van der Waals surface area contributed by atoms with Crippen molar-refractivity contribution in [3.63, 3.8) is 0 Å². The maximum absolute atomic E-state index is 12.9. The van der Waals surface area contributed by atoms with Gasteiger partial charge in [0.2, 0.25) is 5.91 Å². The minimum absolute atomic E-state index is 0.0298. The lowest BCUT2D eigenvalue weighted by Crippen LogP contribution is -2.37. The van der Waals surface area contributed by atoms with E-state index in [-0.39, 0.29) is 23.4 Å². The number of nitrogens with zero attached hydrogens (tertiary/aromatic N) is 3. The molecule has 2 heterocycles. The summed E-state index contributed by atoms with van der Waals surface area (Å²) < 4.78 is 27.4. The van der Waals surface area contributed by atoms with E-state index in [0.29, 0.717) is 42.3 Å². The number of para-hydroxylation sites is 2. The maximum Gasteiger partial charge on any atom is 0.291 e. The Balaban J connectivity index is 1.51. The molecule has 0 saturated carbocycles. The molecule has 1 amide bonds. The number of phenolic OH excluding ortho intramolecular Hbond substituents is 1. The second-order valence-electron chi connectivity index (χ2n) is 6.71. The van der Waals surface area contributed by atoms with Crippen molar-refractivity contribution >= 4 is 34.3 Å². The monoisotopic (exact) mass is 415 g/mol. The Kier molecular flexibility index (Phi) is 5.53. The molecular formula is C21H19F2N3O2S. The van der Waals surface area contributed by atoms with Gasteiger partial charge in [0.1, 0.15) is 12.3 Å². The molecule has 1 aliphatic rings. The predicted octanol–water partition coefficient (Wildman–Crippen LogP) is 4.37. The summed E-state index contributed by atoms with van der Waals surface area (Å²) in [6.45, 7) is 0.979. The molecule has 0 aliphatic carbocycles. The Morgan fingerprint density at radius 1 is 1.17 bits per heavy atom. The Morgan fingerprint density at radius 3 is 2.62 bits per heavy atom. The average Bonchev–Trinajstić information content (AvgIpc) is 3.05. The number of alkyl halides is 2. The van der Waals surface area contributed by atoms with Gasteiger partial charge in [-0.2, -0.15) is 8.78 Å². The van der Waals surface area contributed by atoms with Crippen LogP contribution < -0.4 is 0 Å². The Morgan fingerprint density at radius 2 is 1.93 bits per heavy atom. The fourth-order valence-corrected chi connectivity index (χ4v) is 4.05. The number of rotatable bonds is 5. The highest BCUT2D eigenvalue weighted by Gasteiger charge is 2.22. The van der Waals surface area contributed by atoms with Crippen molar-refractivity contribution in [2.45, 2.75) is 23.9 Å². The van der Waals surface area contributed by atoms with Gasteiger partial charge in [0.05, 0.1) is 11.0 Å². The topological polar surface area (TPSA) is 58.4 Å². The number of fused-ring (bicyclic) bond motifs is 1. The van der Waals surface area contributed by atoms with E-state index in [4.69, 9.17) is 0 Å². The highest BCUT2D eigenvalue weighted by molar-refractivity contribution is 7.99. The molecule has 1 aromatic heterocycles. The number of aromatic hydroxyl groups is 1. The highest BCUT2D eigenvalue weighted by Crippen LogP contribution is 2.29. The fourth-order valence-electron chi connectivity index (χ4n) is 3.44. The molecule has 1 aliphatic heterocycles. The normalized spacial score (nSPS) is 14.4. The van der Waals surface area contributed by atoms with Gasteiger partial charge in [-0.1, -0.05) is 30.3 Å². The molecule has 150 valence electrons. The van der Waals surface area contributed by atoms with E-state index in [9.17, 15) is 18.7 Å². The zero-order chi connectivity index (χ0) is 20.4. The molecule has 0 fully saturated rings. The van der Waals surface area contributed by atoms with E-state index in [1.807, 2.05) is 18.2 Å². The quantitative estimate of drug-likeness (QED) is 0.629. The molecule has 0 bridgehead atoms. The third-order valence-corrected chi connectivity index (χ3v) is 5.61. The van der Waals surface area contributed by atoms with Crippen LogP contribution in [0.5, 0.6) is 5.75 Å². The molecule has 0 radical (unpaired) electrons. The third kappa shape index (κ3) is 4.27. The summed E-state index contributed by atoms with van der Waals surface area (Å²) in [5.74, 6) is -2.52. The molecule has 0 saturated heterocycles. The summed E-state index contributed by atoms with van der Waals surface area (Å²) in [4.78, 5) is 18.8. The number of carbonyl (C=O) groups excluding carboxylic acids is 1. The van der Waals surface area contributed by atoms with Gasteiger partial charge in [-0.25, -0.2) is 4.98 Å². The first-order valence-electron chi connectivity index (χ1n) is 9.17. The van der Waals surface area contributed by atoms with Gasteiger partial charge < -0.3 is 14.6 Å². The van der Waals surface area contributed by atoms with Crippen molar-refractivity contribution in [1.29, 1.82) is 0 Å². The van der Waals surface area contributed by atoms with E-state index in [1.54, 1.807) is 45.9 Å². The number of thioether (sulfide) groups is 1. The van der Waals surface area contributed by atoms with Crippen LogP contribution in [0.25, 0.3) is 16.6 Å². The number of hydrogen-bond acceptors (Lipinski definition) is 4. The van der Waals surface area contributed by atoms with Crippen molar-refractivity contribution in [3.05, 3.63) is 60.2 Å². The summed E-state index contributed by atoms with van der Waals surface area (Å²) in [7, 11) is 0. The molecule has 1 N–H and O–H groups in total. The Labute approximate surface area is 170 Å². The van der Waals surface area contributed by atoms with Crippen molar-refractivity contribution in [2.75, 3.05) is 13.1 Å². The van der Waals surface area contributed by atoms with Crippen molar-refractivity contribution in [2.24, 2.45) is 0 Å². The molecule has 0 spiro atoms. The van der Waals surface area contributed by atoms with Crippen LogP contribution in [0.2, 0.25) is 0 Å². The van der Waals surface area contributed by atoms with Crippen molar-refractivity contribution < 1.29 is 18.7 Å². The van der Waals surface area contributed by atoms with Crippen LogP contribution >= 0.6 is 11.8 Å². The lowest BCUT2D eigenvalue weighted by Gasteiger charge is -2.27. The van der Waals surface area contributed by atoms with Crippen LogP contribution in [-0.4, -0.2) is 44.3 Å². The molecule has 0 unspecified atom stereocenters. The smallest absolute Gasteiger partial charge is 0.291 e. The number of hydrogen-bond donors (Lipinski definition) is 1. The molecule has 5 nitrogen and oxygen atoms in total. The van der Waals surface area contributed by atoms with Crippen LogP contribution in [-0.2, 0) is 11.3 Å². The standard InChI is InChI=1S/C21H19F2N3O2S/c22-20(23)29-21-24-17-3-1-2-4-18(17)26(21)13-19(28)25-11-9-15(10-12-25)14-5-7-16(27)8-6-14/h1-9,20,27H,10-13H2. The van der Waals surface area contributed by atoms with Gasteiger partial charge >= 0.3 is 0 Å². The summed E-state index contributed by atoms with van der Waals surface area (Å²) in [5.41, 5.74) is 3.40. The van der Waals surface area contributed by atoms with Crippen LogP contribution in [0.1, 0.15) is 12.0 Å². The molecule has 29 heavy (non-hydrogen) atoms. The summed E-state index contributed by atoms with van der Waals surface area (Å²) in [6, 6.07) is 14.1. The van der Waals surface area contributed by atoms with Gasteiger partial charge in [0.15, 0.2) is 5.16 Å². The maximum atomic E-state index is 12.9. The molecule has 3 aromatic rings. The van der Waals surface area contributed by atoms with E-state index in [2.05, 4.69) is 4.98 Å². The Hall–Kier alpha value is -2.87. The van der Waals surface area contributed by atoms with Crippen molar-refractivity contribution in [3.8, 4) is 5.75 Å². The van der Waals surface area contributed by atoms with Gasteiger partial charge in [0.25, 0.3) is 5.76 Å². The first kappa shape index (κ1) is 19.4. The minimum atomic E-state index is -2.61. The molecule has 0 atom stereocenters. The Bertz CT molecular complexity index is 1060. The molecule has 4 rings (SSSR count). The zero-order valence-electron chi connectivity index (χ0n) is 15.5. The summed E-state index contributed by atoms with van der Waals surface area (Å²) in [5, 5.41) is 9.56. The van der Waals surface area contributed by atoms with Gasteiger partial charge in [0, 0.05) is 13.1 Å². The number of aromatic nitrogens is 2. The van der Waals surface area contributed by atoms with Crippen LogP contribution in [0.3, 0.4) is 0 Å². The second-order valence-corrected chi connectivity index (χ2v) is 7.67. The predicted molar refractivity (Wildman–Crippen MR) is 109 cm³/mol. The summed E-state index contributed by atoms with van der Waals surface area (Å²) >= 11 is 0.354. The van der Waals surface area contributed by atoms with E-state index >= 15 is 0 Å². The van der Waals surface area contributed by atoms with Gasteiger partial charge in [-0.15, -0.1) is 0 Å². The molecular weight excluding hydrogens is 396 g/mol. The van der Waals surface area contributed by atoms with E-state index < -0.39 is 5.76 Å². The minimum Gasteiger partial charge on any atom is -0.508 e. The lowest BCUT2D eigenvalue weighted by atomic mass is 9.99. The number of benzene rings is 2. The number of phenols is 1. The van der Waals surface area contributed by atoms with E-state index in [0.717, 1.165) is 11.1 Å². The highest BCUT2D eigenvalue weighted by atomic mass is 32.2. The summed E-state index contributed by atoms with van der Waals surface area (Å²) in [6.07, 6.45) is 2.69. The zero-order valence-corrected chi connectivity index (χ0v) is 16.3. The molecule has 2 aromatic carbocycles. The van der Waals surface area contributed by atoms with Crippen LogP contribution in [0, 0.1) is 0 Å².